The van der Waals surface area contributed by atoms with Gasteiger partial charge in [-0.3, -0.25) is 4.57 Å². The molecule has 0 bridgehead atoms. The van der Waals surface area contributed by atoms with Crippen molar-refractivity contribution in [3.05, 3.63) is 30.3 Å². The van der Waals surface area contributed by atoms with E-state index in [1.54, 1.807) is 0 Å². The Morgan fingerprint density at radius 1 is 1.35 bits per heavy atom. The minimum atomic E-state index is -2.84. The smallest absolute Gasteiger partial charge is 0.287 e. The third-order valence-corrected chi connectivity index (χ3v) is 6.50. The van der Waals surface area contributed by atoms with Gasteiger partial charge in [0.1, 0.15) is 0 Å². The van der Waals surface area contributed by atoms with Crippen molar-refractivity contribution in [2.24, 2.45) is 0 Å². The summed E-state index contributed by atoms with van der Waals surface area (Å²) in [6, 6.07) is 9.23. The maximum atomic E-state index is 12.6. The molecule has 0 spiro atoms. The largest absolute Gasteiger partial charge is 0.318 e. The Labute approximate surface area is 111 Å². The summed E-state index contributed by atoms with van der Waals surface area (Å²) in [7, 11) is 0. The molecule has 0 aliphatic heterocycles. The number of halogens is 1. The van der Waals surface area contributed by atoms with Crippen LogP contribution in [-0.2, 0) is 9.09 Å². The highest BCUT2D eigenvalue weighted by Crippen LogP contribution is 2.58. The Balaban J connectivity index is 2.79. The van der Waals surface area contributed by atoms with Gasteiger partial charge in [-0.15, -0.1) is 11.6 Å². The minimum absolute atomic E-state index is 0.296. The van der Waals surface area contributed by atoms with Gasteiger partial charge in [-0.05, 0) is 19.1 Å². The van der Waals surface area contributed by atoms with Crippen LogP contribution < -0.4 is 5.30 Å². The zero-order chi connectivity index (χ0) is 12.6. The maximum absolute atomic E-state index is 12.6. The van der Waals surface area contributed by atoms with Crippen LogP contribution in [-0.4, -0.2) is 18.2 Å². The first kappa shape index (κ1) is 14.7. The number of hydrogen-bond acceptors (Lipinski definition) is 3. The van der Waals surface area contributed by atoms with Crippen molar-refractivity contribution >= 4 is 34.9 Å². The summed E-state index contributed by atoms with van der Waals surface area (Å²) in [5, 5.41) is 0.722. The average Bonchev–Trinajstić information content (AvgIpc) is 2.36. The third kappa shape index (κ3) is 4.77. The normalized spacial score (nSPS) is 13.5. The van der Waals surface area contributed by atoms with E-state index in [4.69, 9.17) is 16.1 Å². The number of rotatable bonds is 5. The molecule has 0 aliphatic carbocycles. The van der Waals surface area contributed by atoms with E-state index >= 15 is 0 Å². The molecule has 1 aromatic carbocycles. The molecule has 1 aromatic rings. The van der Waals surface area contributed by atoms with Crippen LogP contribution in [0.15, 0.2) is 30.3 Å². The molecule has 0 fully saturated rings. The molecule has 0 saturated carbocycles. The summed E-state index contributed by atoms with van der Waals surface area (Å²) in [4.78, 5) is 0. The zero-order valence-electron chi connectivity index (χ0n) is 9.56. The molecule has 92 valence electrons. The average molecular weight is 289 g/mol. The van der Waals surface area contributed by atoms with Gasteiger partial charge < -0.3 is 4.52 Å². The van der Waals surface area contributed by atoms with Gasteiger partial charge in [-0.1, -0.05) is 41.4 Å². The quantitative estimate of drug-likeness (QED) is 0.471. The monoisotopic (exact) mass is 288 g/mol. The number of alkyl halides is 1. The van der Waals surface area contributed by atoms with Crippen LogP contribution in [0.1, 0.15) is 6.92 Å². The molecular formula is C12H14ClO2PS. The lowest BCUT2D eigenvalue weighted by Crippen LogP contribution is -2.04. The van der Waals surface area contributed by atoms with Crippen molar-refractivity contribution in [2.45, 2.75) is 6.92 Å². The van der Waals surface area contributed by atoms with Crippen LogP contribution in [0.25, 0.3) is 0 Å². The SMILES string of the molecule is CCOP(=O)(SCC#CCCl)c1ccccc1. The summed E-state index contributed by atoms with van der Waals surface area (Å²) in [5.74, 6) is 6.33. The first-order valence-electron chi connectivity index (χ1n) is 5.19. The number of benzene rings is 1. The van der Waals surface area contributed by atoms with Gasteiger partial charge in [-0.25, -0.2) is 0 Å². The fourth-order valence-electron chi connectivity index (χ4n) is 1.18. The summed E-state index contributed by atoms with van der Waals surface area (Å²) in [5.41, 5.74) is 0. The van der Waals surface area contributed by atoms with E-state index in [1.165, 1.54) is 11.4 Å². The summed E-state index contributed by atoms with van der Waals surface area (Å²) in [6.45, 7) is -0.588. The van der Waals surface area contributed by atoms with Crippen molar-refractivity contribution < 1.29 is 9.09 Å². The fraction of sp³-hybridized carbons (Fsp3) is 0.333. The Morgan fingerprint density at radius 3 is 2.65 bits per heavy atom. The van der Waals surface area contributed by atoms with Crippen molar-refractivity contribution in [2.75, 3.05) is 18.2 Å². The summed E-state index contributed by atoms with van der Waals surface area (Å²) >= 11 is 6.69. The lowest BCUT2D eigenvalue weighted by atomic mass is 10.4. The van der Waals surface area contributed by atoms with E-state index < -0.39 is 6.57 Å². The van der Waals surface area contributed by atoms with E-state index in [0.717, 1.165) is 5.30 Å². The lowest BCUT2D eigenvalue weighted by Gasteiger charge is -2.15. The van der Waals surface area contributed by atoms with Gasteiger partial charge in [-0.2, -0.15) is 0 Å². The van der Waals surface area contributed by atoms with Gasteiger partial charge in [0.15, 0.2) is 0 Å². The predicted molar refractivity (Wildman–Crippen MR) is 76.3 cm³/mol. The Bertz CT molecular complexity index is 439. The molecule has 0 heterocycles. The standard InChI is InChI=1S/C12H14ClO2PS/c1-2-15-16(14,17-11-7-6-10-13)12-8-4-3-5-9-12/h3-5,8-9H,2,10-11H2,1H3. The first-order valence-corrected chi connectivity index (χ1v) is 8.94. The molecule has 1 unspecified atom stereocenters. The van der Waals surface area contributed by atoms with Gasteiger partial charge in [0.2, 0.25) is 0 Å². The predicted octanol–water partition coefficient (Wildman–Crippen LogP) is 3.52. The molecular weight excluding hydrogens is 275 g/mol. The second-order valence-electron chi connectivity index (χ2n) is 3.01. The highest BCUT2D eigenvalue weighted by atomic mass is 35.5. The van der Waals surface area contributed by atoms with Gasteiger partial charge >= 0.3 is 0 Å². The third-order valence-electron chi connectivity index (χ3n) is 1.87. The molecule has 1 atom stereocenters. The summed E-state index contributed by atoms with van der Waals surface area (Å²) < 4.78 is 18.0. The van der Waals surface area contributed by atoms with E-state index in [-0.39, 0.29) is 0 Å². The van der Waals surface area contributed by atoms with E-state index in [1.807, 2.05) is 37.3 Å². The van der Waals surface area contributed by atoms with Crippen molar-refractivity contribution in [1.82, 2.24) is 0 Å². The van der Waals surface area contributed by atoms with Gasteiger partial charge in [0.05, 0.1) is 18.2 Å². The molecule has 1 rings (SSSR count). The van der Waals surface area contributed by atoms with Crippen LogP contribution in [0.5, 0.6) is 0 Å². The van der Waals surface area contributed by atoms with Crippen molar-refractivity contribution in [3.8, 4) is 11.8 Å². The highest BCUT2D eigenvalue weighted by Gasteiger charge is 2.25. The van der Waals surface area contributed by atoms with Crippen molar-refractivity contribution in [3.63, 3.8) is 0 Å². The highest BCUT2D eigenvalue weighted by molar-refractivity contribution is 8.58. The molecule has 2 nitrogen and oxygen atoms in total. The van der Waals surface area contributed by atoms with E-state index in [9.17, 15) is 4.57 Å². The van der Waals surface area contributed by atoms with E-state index in [0.29, 0.717) is 18.2 Å². The number of hydrogen-bond donors (Lipinski definition) is 0. The van der Waals surface area contributed by atoms with Gasteiger partial charge in [0.25, 0.3) is 6.57 Å². The molecule has 0 radical (unpaired) electrons. The van der Waals surface area contributed by atoms with Crippen molar-refractivity contribution in [1.29, 1.82) is 0 Å². The van der Waals surface area contributed by atoms with Crippen LogP contribution in [0.2, 0.25) is 0 Å². The van der Waals surface area contributed by atoms with Crippen LogP contribution >= 0.6 is 29.6 Å². The van der Waals surface area contributed by atoms with E-state index in [2.05, 4.69) is 11.8 Å². The fourth-order valence-corrected chi connectivity index (χ4v) is 4.92. The second kappa shape index (κ2) is 7.84. The Morgan fingerprint density at radius 2 is 2.06 bits per heavy atom. The Kier molecular flexibility index (Phi) is 6.77. The second-order valence-corrected chi connectivity index (χ2v) is 7.81. The molecule has 0 aliphatic rings. The maximum Gasteiger partial charge on any atom is 0.287 e. The molecule has 0 N–H and O–H groups in total. The molecule has 0 amide bonds. The zero-order valence-corrected chi connectivity index (χ0v) is 12.0. The topological polar surface area (TPSA) is 26.3 Å². The van der Waals surface area contributed by atoms with Crippen LogP contribution in [0, 0.1) is 11.8 Å². The first-order chi connectivity index (χ1) is 8.23. The molecule has 0 saturated heterocycles. The van der Waals surface area contributed by atoms with Gasteiger partial charge in [0, 0.05) is 5.30 Å². The molecule has 0 aromatic heterocycles. The van der Waals surface area contributed by atoms with Crippen LogP contribution in [0.4, 0.5) is 0 Å². The minimum Gasteiger partial charge on any atom is -0.318 e. The molecule has 5 heteroatoms. The lowest BCUT2D eigenvalue weighted by molar-refractivity contribution is 0.353. The summed E-state index contributed by atoms with van der Waals surface area (Å²) in [6.07, 6.45) is 0. The Hall–Kier alpha value is -0.390. The van der Waals surface area contributed by atoms with Crippen LogP contribution in [0.3, 0.4) is 0 Å². The molecule has 17 heavy (non-hydrogen) atoms.